The van der Waals surface area contributed by atoms with Crippen molar-refractivity contribution >= 4 is 23.5 Å². The lowest BCUT2D eigenvalue weighted by molar-refractivity contribution is -0.152. The first kappa shape index (κ1) is 22.5. The zero-order valence-corrected chi connectivity index (χ0v) is 19.1. The Morgan fingerprint density at radius 1 is 1.03 bits per heavy atom. The summed E-state index contributed by atoms with van der Waals surface area (Å²) in [6, 6.07) is 22.7. The van der Waals surface area contributed by atoms with Crippen LogP contribution in [0, 0.1) is 22.6 Å². The van der Waals surface area contributed by atoms with E-state index in [0.29, 0.717) is 11.1 Å². The third-order valence-electron chi connectivity index (χ3n) is 6.90. The van der Waals surface area contributed by atoms with Gasteiger partial charge in [-0.2, -0.15) is 5.26 Å². The lowest BCUT2D eigenvalue weighted by atomic mass is 9.68. The highest BCUT2D eigenvalue weighted by Gasteiger charge is 2.67. The number of fused-ring (bicyclic) bond motifs is 3. The topological polar surface area (TPSA) is 70.4 Å². The van der Waals surface area contributed by atoms with Crippen LogP contribution in [0.2, 0.25) is 0 Å². The molecule has 3 aromatic carbocycles. The van der Waals surface area contributed by atoms with Crippen LogP contribution in [-0.2, 0) is 9.53 Å². The molecular weight excluding hydrogens is 443 g/mol. The maximum atomic E-state index is 14.1. The number of hydrogen-bond donors (Lipinski definition) is 0. The zero-order valence-electron chi connectivity index (χ0n) is 19.1. The first-order valence-corrected chi connectivity index (χ1v) is 11.5. The van der Waals surface area contributed by atoms with Crippen LogP contribution < -0.4 is 4.90 Å². The van der Waals surface area contributed by atoms with Crippen molar-refractivity contribution in [3.05, 3.63) is 107 Å². The van der Waals surface area contributed by atoms with E-state index in [4.69, 9.17) is 4.74 Å². The molecule has 174 valence electrons. The molecule has 0 N–H and O–H groups in total. The summed E-state index contributed by atoms with van der Waals surface area (Å²) in [7, 11) is 0. The van der Waals surface area contributed by atoms with Crippen LogP contribution >= 0.6 is 0 Å². The second kappa shape index (κ2) is 8.84. The second-order valence-electron chi connectivity index (χ2n) is 8.68. The van der Waals surface area contributed by atoms with Gasteiger partial charge in [0, 0.05) is 17.2 Å². The predicted molar refractivity (Wildman–Crippen MR) is 130 cm³/mol. The number of nitriles is 1. The Morgan fingerprint density at radius 2 is 1.71 bits per heavy atom. The maximum absolute atomic E-state index is 14.1. The second-order valence-corrected chi connectivity index (χ2v) is 8.68. The van der Waals surface area contributed by atoms with Gasteiger partial charge in [0.25, 0.3) is 0 Å². The van der Waals surface area contributed by atoms with Crippen LogP contribution in [0.15, 0.2) is 84.9 Å². The molecule has 5 nitrogen and oxygen atoms in total. The molecule has 1 fully saturated rings. The fraction of sp³-hybridized carbons (Fsp3) is 0.207. The number of Topliss-reactive ketones (excluding diaryl/α,β-unsaturated/α-hetero) is 1. The van der Waals surface area contributed by atoms with Gasteiger partial charge in [-0.1, -0.05) is 72.8 Å². The Bertz CT molecular complexity index is 1350. The number of esters is 1. The largest absolute Gasteiger partial charge is 0.465 e. The molecule has 0 aliphatic carbocycles. The molecule has 2 aliphatic heterocycles. The normalized spacial score (nSPS) is 24.3. The first-order chi connectivity index (χ1) is 17.0. The molecule has 0 radical (unpaired) electrons. The molecule has 35 heavy (non-hydrogen) atoms. The Labute approximate surface area is 203 Å². The van der Waals surface area contributed by atoms with Crippen LogP contribution in [0.3, 0.4) is 0 Å². The van der Waals surface area contributed by atoms with Crippen LogP contribution in [0.4, 0.5) is 10.1 Å². The molecule has 0 saturated carbocycles. The smallest absolute Gasteiger partial charge is 0.329 e. The highest BCUT2D eigenvalue weighted by Crippen LogP contribution is 2.56. The van der Waals surface area contributed by atoms with E-state index < -0.39 is 35.2 Å². The minimum Gasteiger partial charge on any atom is -0.465 e. The summed E-state index contributed by atoms with van der Waals surface area (Å²) < 4.78 is 19.4. The monoisotopic (exact) mass is 466 g/mol. The summed E-state index contributed by atoms with van der Waals surface area (Å²) in [5.74, 6) is -2.27. The van der Waals surface area contributed by atoms with Gasteiger partial charge in [-0.3, -0.25) is 9.59 Å². The molecule has 2 heterocycles. The van der Waals surface area contributed by atoms with Crippen molar-refractivity contribution in [3.63, 3.8) is 0 Å². The summed E-state index contributed by atoms with van der Waals surface area (Å²) in [5.41, 5.74) is 0.893. The van der Waals surface area contributed by atoms with Crippen LogP contribution in [0.25, 0.3) is 6.08 Å². The first-order valence-electron chi connectivity index (χ1n) is 11.5. The van der Waals surface area contributed by atoms with Crippen molar-refractivity contribution in [3.8, 4) is 6.07 Å². The standard InChI is InChI=1S/C29H23FN2O3/c1-2-35-28(34)29(18-31)24-17-14-19-8-6-7-11-23(19)32(24)26(27(33)21-9-4-3-5-10-21)25(29)20-12-15-22(30)16-13-20/h3-17,24-26H,2H2,1H3/t24-,25+,26+,29-/m1/s1. The molecular formula is C29H23FN2O3. The number of carbonyl (C=O) groups is 2. The van der Waals surface area contributed by atoms with E-state index in [1.807, 2.05) is 41.3 Å². The van der Waals surface area contributed by atoms with Gasteiger partial charge in [0.05, 0.1) is 18.7 Å². The van der Waals surface area contributed by atoms with E-state index in [-0.39, 0.29) is 12.4 Å². The lowest BCUT2D eigenvalue weighted by Crippen LogP contribution is -2.47. The highest BCUT2D eigenvalue weighted by atomic mass is 19.1. The molecule has 0 unspecified atom stereocenters. The zero-order chi connectivity index (χ0) is 24.6. The quantitative estimate of drug-likeness (QED) is 0.384. The predicted octanol–water partition coefficient (Wildman–Crippen LogP) is 5.15. The summed E-state index contributed by atoms with van der Waals surface area (Å²) >= 11 is 0. The third kappa shape index (κ3) is 3.43. The van der Waals surface area contributed by atoms with Gasteiger partial charge in [0.2, 0.25) is 0 Å². The lowest BCUT2D eigenvalue weighted by Gasteiger charge is -2.36. The number of ketones is 1. The van der Waals surface area contributed by atoms with Crippen LogP contribution in [0.5, 0.6) is 0 Å². The SMILES string of the molecule is CCOC(=O)[C@@]1(C#N)[C@@H](c2ccc(F)cc2)[C@@H](C(=O)c2ccccc2)N2c3ccccc3C=C[C@@H]21. The van der Waals surface area contributed by atoms with Gasteiger partial charge in [0.15, 0.2) is 11.2 Å². The van der Waals surface area contributed by atoms with E-state index in [0.717, 1.165) is 11.3 Å². The average molecular weight is 467 g/mol. The Hall–Kier alpha value is -4.24. The summed E-state index contributed by atoms with van der Waals surface area (Å²) in [6.45, 7) is 1.77. The van der Waals surface area contributed by atoms with Gasteiger partial charge in [-0.05, 0) is 36.2 Å². The average Bonchev–Trinajstić information content (AvgIpc) is 3.21. The number of ether oxygens (including phenoxy) is 1. The minimum atomic E-state index is -1.73. The van der Waals surface area contributed by atoms with Gasteiger partial charge < -0.3 is 9.64 Å². The van der Waals surface area contributed by atoms with Crippen LogP contribution in [0.1, 0.15) is 34.3 Å². The molecule has 3 aromatic rings. The Balaban J connectivity index is 1.81. The van der Waals surface area contributed by atoms with Crippen molar-refractivity contribution in [1.82, 2.24) is 0 Å². The van der Waals surface area contributed by atoms with Crippen molar-refractivity contribution < 1.29 is 18.7 Å². The fourth-order valence-electron chi connectivity index (χ4n) is 5.43. The third-order valence-corrected chi connectivity index (χ3v) is 6.90. The number of hydrogen-bond acceptors (Lipinski definition) is 5. The van der Waals surface area contributed by atoms with Gasteiger partial charge in [-0.15, -0.1) is 0 Å². The summed E-state index contributed by atoms with van der Waals surface area (Å²) in [5, 5.41) is 10.7. The number of para-hydroxylation sites is 1. The summed E-state index contributed by atoms with van der Waals surface area (Å²) in [4.78, 5) is 29.6. The number of benzene rings is 3. The molecule has 4 atom stereocenters. The molecule has 2 aliphatic rings. The van der Waals surface area contributed by atoms with Gasteiger partial charge in [0.1, 0.15) is 11.9 Å². The number of carbonyl (C=O) groups excluding carboxylic acids is 2. The molecule has 0 spiro atoms. The van der Waals surface area contributed by atoms with E-state index in [2.05, 4.69) is 6.07 Å². The molecule has 0 amide bonds. The maximum Gasteiger partial charge on any atom is 0.329 e. The van der Waals surface area contributed by atoms with Crippen molar-refractivity contribution in [2.75, 3.05) is 11.5 Å². The molecule has 0 aromatic heterocycles. The molecule has 5 rings (SSSR count). The van der Waals surface area contributed by atoms with E-state index in [1.165, 1.54) is 12.1 Å². The van der Waals surface area contributed by atoms with Crippen molar-refractivity contribution in [2.24, 2.45) is 5.41 Å². The van der Waals surface area contributed by atoms with Gasteiger partial charge >= 0.3 is 5.97 Å². The van der Waals surface area contributed by atoms with E-state index in [1.54, 1.807) is 49.4 Å². The minimum absolute atomic E-state index is 0.0860. The number of nitrogens with zero attached hydrogens (tertiary/aromatic N) is 2. The Morgan fingerprint density at radius 3 is 2.40 bits per heavy atom. The Kier molecular flexibility index (Phi) is 5.70. The molecule has 0 bridgehead atoms. The molecule has 6 heteroatoms. The van der Waals surface area contributed by atoms with E-state index >= 15 is 0 Å². The van der Waals surface area contributed by atoms with Crippen LogP contribution in [-0.4, -0.2) is 30.4 Å². The number of anilines is 1. The van der Waals surface area contributed by atoms with Crippen molar-refractivity contribution in [2.45, 2.75) is 24.9 Å². The van der Waals surface area contributed by atoms with Crippen molar-refractivity contribution in [1.29, 1.82) is 5.26 Å². The number of rotatable bonds is 5. The summed E-state index contributed by atoms with van der Waals surface area (Å²) in [6.07, 6.45) is 3.68. The fourth-order valence-corrected chi connectivity index (χ4v) is 5.43. The number of halogens is 1. The van der Waals surface area contributed by atoms with E-state index in [9.17, 15) is 19.2 Å². The van der Waals surface area contributed by atoms with Gasteiger partial charge in [-0.25, -0.2) is 4.39 Å². The molecule has 1 saturated heterocycles. The highest BCUT2D eigenvalue weighted by molar-refractivity contribution is 6.06.